The number of nitrogens with one attached hydrogen (secondary N) is 1. The van der Waals surface area contributed by atoms with Crippen LogP contribution in [0.25, 0.3) is 0 Å². The Morgan fingerprint density at radius 3 is 2.53 bits per heavy atom. The Hall–Kier alpha value is -2.30. The molecule has 0 saturated heterocycles. The van der Waals surface area contributed by atoms with Crippen molar-refractivity contribution in [2.75, 3.05) is 5.32 Å². The van der Waals surface area contributed by atoms with Crippen molar-refractivity contribution >= 4 is 11.4 Å². The number of nitro benzene ring substituents is 1. The smallest absolute Gasteiger partial charge is 0.272 e. The third-order valence-corrected chi connectivity index (χ3v) is 3.15. The summed E-state index contributed by atoms with van der Waals surface area (Å²) in [7, 11) is 0. The number of hydrogen-bond donors (Lipinski definition) is 1. The van der Waals surface area contributed by atoms with Crippen LogP contribution in [0.15, 0.2) is 28.9 Å². The minimum atomic E-state index is -0.358. The van der Waals surface area contributed by atoms with E-state index in [9.17, 15) is 10.1 Å². The average molecular weight is 260 g/mol. The van der Waals surface area contributed by atoms with Crippen LogP contribution in [-0.4, -0.2) is 4.92 Å². The van der Waals surface area contributed by atoms with E-state index in [0.29, 0.717) is 12.1 Å². The maximum atomic E-state index is 10.8. The summed E-state index contributed by atoms with van der Waals surface area (Å²) in [6.07, 6.45) is 1.65. The number of furan rings is 1. The molecule has 0 bridgehead atoms. The molecule has 100 valence electrons. The first-order chi connectivity index (χ1) is 8.99. The number of aryl methyl sites for hydroxylation is 3. The molecule has 19 heavy (non-hydrogen) atoms. The summed E-state index contributed by atoms with van der Waals surface area (Å²) in [6, 6.07) is 5.29. The third kappa shape index (κ3) is 2.76. The van der Waals surface area contributed by atoms with Crippen LogP contribution in [0.3, 0.4) is 0 Å². The van der Waals surface area contributed by atoms with Gasteiger partial charge < -0.3 is 9.73 Å². The molecule has 0 aliphatic rings. The van der Waals surface area contributed by atoms with Crippen molar-refractivity contribution < 1.29 is 9.34 Å². The normalized spacial score (nSPS) is 10.5. The molecule has 1 aromatic heterocycles. The molecule has 0 aliphatic heterocycles. The molecule has 0 radical (unpaired) electrons. The van der Waals surface area contributed by atoms with E-state index >= 15 is 0 Å². The number of nitrogens with zero attached hydrogens (tertiary/aromatic N) is 1. The Morgan fingerprint density at radius 2 is 1.95 bits per heavy atom. The van der Waals surface area contributed by atoms with Gasteiger partial charge in [-0.05, 0) is 44.0 Å². The number of anilines is 1. The minimum absolute atomic E-state index is 0.150. The van der Waals surface area contributed by atoms with Gasteiger partial charge in [0.05, 0.1) is 17.7 Å². The van der Waals surface area contributed by atoms with Crippen LogP contribution < -0.4 is 5.32 Å². The van der Waals surface area contributed by atoms with Crippen LogP contribution in [0, 0.1) is 30.9 Å². The van der Waals surface area contributed by atoms with Crippen LogP contribution in [0.2, 0.25) is 0 Å². The average Bonchev–Trinajstić information content (AvgIpc) is 2.75. The highest BCUT2D eigenvalue weighted by Gasteiger charge is 2.13. The van der Waals surface area contributed by atoms with E-state index < -0.39 is 0 Å². The molecule has 0 fully saturated rings. The van der Waals surface area contributed by atoms with Gasteiger partial charge in [-0.15, -0.1) is 0 Å². The van der Waals surface area contributed by atoms with Crippen molar-refractivity contribution in [1.29, 1.82) is 0 Å². The predicted octanol–water partition coefficient (Wildman–Crippen LogP) is 3.73. The maximum absolute atomic E-state index is 10.8. The molecule has 0 aliphatic carbocycles. The summed E-state index contributed by atoms with van der Waals surface area (Å²) in [4.78, 5) is 10.5. The molecule has 1 N–H and O–H groups in total. The fourth-order valence-electron chi connectivity index (χ4n) is 1.95. The van der Waals surface area contributed by atoms with E-state index in [1.807, 2.05) is 19.9 Å². The summed E-state index contributed by atoms with van der Waals surface area (Å²) in [5, 5.41) is 14.1. The predicted molar refractivity (Wildman–Crippen MR) is 73.3 cm³/mol. The van der Waals surface area contributed by atoms with E-state index in [0.717, 1.165) is 22.6 Å². The lowest BCUT2D eigenvalue weighted by Gasteiger charge is -2.10. The van der Waals surface area contributed by atoms with E-state index in [2.05, 4.69) is 5.32 Å². The van der Waals surface area contributed by atoms with Crippen molar-refractivity contribution in [2.45, 2.75) is 27.3 Å². The second-order valence-electron chi connectivity index (χ2n) is 4.59. The fraction of sp³-hybridized carbons (Fsp3) is 0.286. The van der Waals surface area contributed by atoms with E-state index in [-0.39, 0.29) is 10.6 Å². The molecular formula is C14H16N2O3. The highest BCUT2D eigenvalue weighted by atomic mass is 16.6. The zero-order valence-corrected chi connectivity index (χ0v) is 11.2. The van der Waals surface area contributed by atoms with Crippen molar-refractivity contribution in [3.8, 4) is 0 Å². The monoisotopic (exact) mass is 260 g/mol. The third-order valence-electron chi connectivity index (χ3n) is 3.15. The molecule has 5 nitrogen and oxygen atoms in total. The van der Waals surface area contributed by atoms with Gasteiger partial charge >= 0.3 is 0 Å². The Balaban J connectivity index is 2.20. The molecule has 2 aromatic rings. The number of rotatable bonds is 4. The van der Waals surface area contributed by atoms with E-state index in [1.165, 1.54) is 0 Å². The van der Waals surface area contributed by atoms with Gasteiger partial charge in [-0.25, -0.2) is 0 Å². The second kappa shape index (κ2) is 5.14. The molecular weight excluding hydrogens is 244 g/mol. The maximum Gasteiger partial charge on any atom is 0.272 e. The summed E-state index contributed by atoms with van der Waals surface area (Å²) in [5.74, 6) is 0.871. The van der Waals surface area contributed by atoms with Gasteiger partial charge in [0.15, 0.2) is 0 Å². The highest BCUT2D eigenvalue weighted by Crippen LogP contribution is 2.26. The molecule has 0 amide bonds. The Bertz CT molecular complexity index is 617. The molecule has 1 aromatic carbocycles. The summed E-state index contributed by atoms with van der Waals surface area (Å²) >= 11 is 0. The van der Waals surface area contributed by atoms with Gasteiger partial charge in [0.2, 0.25) is 0 Å². The lowest BCUT2D eigenvalue weighted by atomic mass is 10.1. The lowest BCUT2D eigenvalue weighted by molar-refractivity contribution is -0.385. The standard InChI is InChI=1S/C14H16N2O3/c1-9-4-5-19-14(9)8-15-12-6-11(3)13(16(17)18)7-10(12)2/h4-7,15H,8H2,1-3H3. The Labute approximate surface area is 111 Å². The van der Waals surface area contributed by atoms with Crippen LogP contribution in [0.1, 0.15) is 22.5 Å². The quantitative estimate of drug-likeness (QED) is 0.671. The molecule has 0 spiro atoms. The molecule has 5 heteroatoms. The largest absolute Gasteiger partial charge is 0.467 e. The zero-order valence-electron chi connectivity index (χ0n) is 11.2. The van der Waals surface area contributed by atoms with Crippen LogP contribution in [0.5, 0.6) is 0 Å². The first-order valence-electron chi connectivity index (χ1n) is 6.01. The van der Waals surface area contributed by atoms with Crippen molar-refractivity contribution in [3.63, 3.8) is 0 Å². The second-order valence-corrected chi connectivity index (χ2v) is 4.59. The molecule has 0 unspecified atom stereocenters. The molecule has 0 atom stereocenters. The highest BCUT2D eigenvalue weighted by molar-refractivity contribution is 5.59. The van der Waals surface area contributed by atoms with E-state index in [4.69, 9.17) is 4.42 Å². The van der Waals surface area contributed by atoms with E-state index in [1.54, 1.807) is 25.3 Å². The molecule has 2 rings (SSSR count). The van der Waals surface area contributed by atoms with Gasteiger partial charge in [0.1, 0.15) is 5.76 Å². The molecule has 0 saturated carbocycles. The fourth-order valence-corrected chi connectivity index (χ4v) is 1.95. The van der Waals surface area contributed by atoms with Gasteiger partial charge in [-0.1, -0.05) is 0 Å². The summed E-state index contributed by atoms with van der Waals surface area (Å²) in [6.45, 7) is 6.13. The topological polar surface area (TPSA) is 68.3 Å². The lowest BCUT2D eigenvalue weighted by Crippen LogP contribution is -2.03. The van der Waals surface area contributed by atoms with Gasteiger partial charge in [0, 0.05) is 17.3 Å². The van der Waals surface area contributed by atoms with Crippen molar-refractivity contribution in [2.24, 2.45) is 0 Å². The van der Waals surface area contributed by atoms with Crippen molar-refractivity contribution in [3.05, 3.63) is 57.0 Å². The van der Waals surface area contributed by atoms with Crippen LogP contribution in [-0.2, 0) is 6.54 Å². The number of benzene rings is 1. The Morgan fingerprint density at radius 1 is 1.21 bits per heavy atom. The van der Waals surface area contributed by atoms with Crippen LogP contribution >= 0.6 is 0 Å². The minimum Gasteiger partial charge on any atom is -0.467 e. The first kappa shape index (κ1) is 13.1. The first-order valence-corrected chi connectivity index (χ1v) is 6.01. The molecule has 1 heterocycles. The van der Waals surface area contributed by atoms with Crippen LogP contribution in [0.4, 0.5) is 11.4 Å². The SMILES string of the molecule is Cc1cc([N+](=O)[O-])c(C)cc1NCc1occc1C. The number of nitro groups is 1. The van der Waals surface area contributed by atoms with Gasteiger partial charge in [-0.2, -0.15) is 0 Å². The number of hydrogen-bond acceptors (Lipinski definition) is 4. The summed E-state index contributed by atoms with van der Waals surface area (Å²) < 4.78 is 5.35. The van der Waals surface area contributed by atoms with Gasteiger partial charge in [-0.3, -0.25) is 10.1 Å². The Kier molecular flexibility index (Phi) is 3.55. The summed E-state index contributed by atoms with van der Waals surface area (Å²) in [5.41, 5.74) is 3.62. The van der Waals surface area contributed by atoms with Gasteiger partial charge in [0.25, 0.3) is 5.69 Å². The van der Waals surface area contributed by atoms with Crippen molar-refractivity contribution in [1.82, 2.24) is 0 Å². The zero-order chi connectivity index (χ0) is 14.0.